The molecule has 0 saturated heterocycles. The van der Waals surface area contributed by atoms with Crippen molar-refractivity contribution in [2.45, 2.75) is 6.42 Å². The van der Waals surface area contributed by atoms with Gasteiger partial charge < -0.3 is 9.69 Å². The minimum absolute atomic E-state index is 0.464. The van der Waals surface area contributed by atoms with E-state index < -0.39 is 0 Å². The average Bonchev–Trinajstić information content (AvgIpc) is 2.40. The fourth-order valence-corrected chi connectivity index (χ4v) is 2.01. The van der Waals surface area contributed by atoms with Gasteiger partial charge in [-0.1, -0.05) is 36.4 Å². The number of hydrogen-bond acceptors (Lipinski definition) is 2. The summed E-state index contributed by atoms with van der Waals surface area (Å²) in [5, 5.41) is 0. The molecule has 2 heteroatoms. The number of nitrogens with zero attached hydrogens (tertiary/aromatic N) is 1. The summed E-state index contributed by atoms with van der Waals surface area (Å²) >= 11 is 0. The fraction of sp³-hybridized carbons (Fsp3) is 0.188. The lowest BCUT2D eigenvalue weighted by atomic mass is 9.98. The van der Waals surface area contributed by atoms with E-state index in [1.165, 1.54) is 5.69 Å². The summed E-state index contributed by atoms with van der Waals surface area (Å²) < 4.78 is 0. The van der Waals surface area contributed by atoms with Gasteiger partial charge in [-0.15, -0.1) is 0 Å². The Morgan fingerprint density at radius 1 is 1.00 bits per heavy atom. The Morgan fingerprint density at radius 3 is 2.28 bits per heavy atom. The van der Waals surface area contributed by atoms with Gasteiger partial charge >= 0.3 is 0 Å². The quantitative estimate of drug-likeness (QED) is 0.764. The molecule has 2 rings (SSSR count). The molecule has 2 aromatic carbocycles. The Balaban J connectivity index is 2.39. The van der Waals surface area contributed by atoms with Crippen LogP contribution in [0.2, 0.25) is 0 Å². The molecular formula is C16H17NO. The first-order valence-electron chi connectivity index (χ1n) is 6.01. The van der Waals surface area contributed by atoms with Crippen molar-refractivity contribution in [2.75, 3.05) is 19.0 Å². The minimum Gasteiger partial charge on any atom is -0.378 e. The van der Waals surface area contributed by atoms with Gasteiger partial charge in [0.15, 0.2) is 0 Å². The number of benzene rings is 2. The average molecular weight is 239 g/mol. The fourth-order valence-electron chi connectivity index (χ4n) is 2.01. The maximum absolute atomic E-state index is 10.7. The normalized spacial score (nSPS) is 10.1. The van der Waals surface area contributed by atoms with Crippen LogP contribution in [0.5, 0.6) is 0 Å². The Hall–Kier alpha value is -2.09. The largest absolute Gasteiger partial charge is 0.378 e. The standard InChI is InChI=1S/C16H17NO/c1-17(2)15-9-7-14(8-10-15)16-6-4-3-5-13(16)11-12-18/h3-10,12H,11H2,1-2H3. The molecule has 0 saturated carbocycles. The van der Waals surface area contributed by atoms with Crippen LogP contribution in [0.1, 0.15) is 5.56 Å². The van der Waals surface area contributed by atoms with Crippen LogP contribution in [-0.2, 0) is 11.2 Å². The molecule has 18 heavy (non-hydrogen) atoms. The highest BCUT2D eigenvalue weighted by molar-refractivity contribution is 5.72. The molecule has 0 N–H and O–H groups in total. The SMILES string of the molecule is CN(C)c1ccc(-c2ccccc2CC=O)cc1. The van der Waals surface area contributed by atoms with Crippen LogP contribution in [0.4, 0.5) is 5.69 Å². The van der Waals surface area contributed by atoms with Crippen molar-refractivity contribution < 1.29 is 4.79 Å². The molecule has 0 bridgehead atoms. The highest BCUT2D eigenvalue weighted by atomic mass is 16.1. The number of rotatable bonds is 4. The van der Waals surface area contributed by atoms with Gasteiger partial charge in [0.2, 0.25) is 0 Å². The topological polar surface area (TPSA) is 20.3 Å². The summed E-state index contributed by atoms with van der Waals surface area (Å²) in [6.45, 7) is 0. The van der Waals surface area contributed by atoms with E-state index in [-0.39, 0.29) is 0 Å². The van der Waals surface area contributed by atoms with Crippen molar-refractivity contribution in [3.63, 3.8) is 0 Å². The van der Waals surface area contributed by atoms with E-state index in [4.69, 9.17) is 0 Å². The third-order valence-electron chi connectivity index (χ3n) is 3.02. The molecule has 92 valence electrons. The first-order chi connectivity index (χ1) is 8.72. The van der Waals surface area contributed by atoms with Crippen LogP contribution in [0.25, 0.3) is 11.1 Å². The molecule has 0 atom stereocenters. The summed E-state index contributed by atoms with van der Waals surface area (Å²) in [7, 11) is 4.05. The number of carbonyl (C=O) groups excluding carboxylic acids is 1. The van der Waals surface area contributed by atoms with E-state index in [0.29, 0.717) is 6.42 Å². The van der Waals surface area contributed by atoms with E-state index in [1.807, 2.05) is 32.3 Å². The monoisotopic (exact) mass is 239 g/mol. The molecule has 0 radical (unpaired) electrons. The lowest BCUT2D eigenvalue weighted by Gasteiger charge is -2.13. The highest BCUT2D eigenvalue weighted by Gasteiger charge is 2.04. The van der Waals surface area contributed by atoms with Gasteiger partial charge in [-0.2, -0.15) is 0 Å². The zero-order valence-electron chi connectivity index (χ0n) is 10.8. The van der Waals surface area contributed by atoms with E-state index in [2.05, 4.69) is 35.2 Å². The summed E-state index contributed by atoms with van der Waals surface area (Å²) in [6.07, 6.45) is 1.42. The lowest BCUT2D eigenvalue weighted by Crippen LogP contribution is -2.07. The van der Waals surface area contributed by atoms with E-state index in [9.17, 15) is 4.79 Å². The molecule has 0 fully saturated rings. The zero-order chi connectivity index (χ0) is 13.0. The van der Waals surface area contributed by atoms with Crippen LogP contribution >= 0.6 is 0 Å². The molecule has 0 aliphatic heterocycles. The number of hydrogen-bond donors (Lipinski definition) is 0. The van der Waals surface area contributed by atoms with Crippen molar-refractivity contribution >= 4 is 12.0 Å². The van der Waals surface area contributed by atoms with Crippen molar-refractivity contribution in [3.8, 4) is 11.1 Å². The van der Waals surface area contributed by atoms with Crippen LogP contribution in [0.15, 0.2) is 48.5 Å². The zero-order valence-corrected chi connectivity index (χ0v) is 10.8. The van der Waals surface area contributed by atoms with Gasteiger partial charge in [-0.25, -0.2) is 0 Å². The highest BCUT2D eigenvalue weighted by Crippen LogP contribution is 2.25. The molecule has 0 unspecified atom stereocenters. The van der Waals surface area contributed by atoms with Gasteiger partial charge in [0.05, 0.1) is 0 Å². The van der Waals surface area contributed by atoms with Crippen LogP contribution in [-0.4, -0.2) is 20.4 Å². The summed E-state index contributed by atoms with van der Waals surface area (Å²) in [5.41, 5.74) is 4.53. The van der Waals surface area contributed by atoms with Gasteiger partial charge in [0.25, 0.3) is 0 Å². The third kappa shape index (κ3) is 2.59. The Bertz CT molecular complexity index is 529. The predicted octanol–water partition coefficient (Wildman–Crippen LogP) is 3.16. The molecule has 2 nitrogen and oxygen atoms in total. The first-order valence-corrected chi connectivity index (χ1v) is 6.01. The smallest absolute Gasteiger partial charge is 0.124 e. The van der Waals surface area contributed by atoms with Gasteiger partial charge in [0, 0.05) is 26.2 Å². The lowest BCUT2D eigenvalue weighted by molar-refractivity contribution is -0.107. The second kappa shape index (κ2) is 5.50. The minimum atomic E-state index is 0.464. The molecule has 0 spiro atoms. The summed E-state index contributed by atoms with van der Waals surface area (Å²) in [4.78, 5) is 12.8. The molecule has 0 amide bonds. The molecular weight excluding hydrogens is 222 g/mol. The van der Waals surface area contributed by atoms with Crippen LogP contribution in [0.3, 0.4) is 0 Å². The van der Waals surface area contributed by atoms with E-state index >= 15 is 0 Å². The van der Waals surface area contributed by atoms with Crippen LogP contribution in [0, 0.1) is 0 Å². The Morgan fingerprint density at radius 2 is 1.67 bits per heavy atom. The number of aldehydes is 1. The van der Waals surface area contributed by atoms with Crippen LogP contribution < -0.4 is 4.90 Å². The number of carbonyl (C=O) groups is 1. The maximum atomic E-state index is 10.7. The van der Waals surface area contributed by atoms with Crippen molar-refractivity contribution in [1.29, 1.82) is 0 Å². The molecule has 0 aliphatic carbocycles. The Labute approximate surface area is 108 Å². The third-order valence-corrected chi connectivity index (χ3v) is 3.02. The molecule has 2 aromatic rings. The first kappa shape index (κ1) is 12.4. The number of anilines is 1. The van der Waals surface area contributed by atoms with Crippen molar-refractivity contribution in [1.82, 2.24) is 0 Å². The van der Waals surface area contributed by atoms with E-state index in [0.717, 1.165) is 23.0 Å². The summed E-state index contributed by atoms with van der Waals surface area (Å²) in [5.74, 6) is 0. The van der Waals surface area contributed by atoms with E-state index in [1.54, 1.807) is 0 Å². The second-order valence-corrected chi connectivity index (χ2v) is 4.47. The predicted molar refractivity (Wildman–Crippen MR) is 76.0 cm³/mol. The van der Waals surface area contributed by atoms with Crippen molar-refractivity contribution in [3.05, 3.63) is 54.1 Å². The molecule has 0 aromatic heterocycles. The van der Waals surface area contributed by atoms with Gasteiger partial charge in [0.1, 0.15) is 6.29 Å². The summed E-state index contributed by atoms with van der Waals surface area (Å²) in [6, 6.07) is 16.4. The van der Waals surface area contributed by atoms with Gasteiger partial charge in [-0.3, -0.25) is 0 Å². The van der Waals surface area contributed by atoms with Crippen molar-refractivity contribution in [2.24, 2.45) is 0 Å². The molecule has 0 heterocycles. The molecule has 0 aliphatic rings. The van der Waals surface area contributed by atoms with Gasteiger partial charge in [-0.05, 0) is 28.8 Å². The maximum Gasteiger partial charge on any atom is 0.124 e. The second-order valence-electron chi connectivity index (χ2n) is 4.47. The Kier molecular flexibility index (Phi) is 3.78.